The maximum absolute atomic E-state index is 13.5. The number of nitrogens with two attached hydrogens (primary N) is 1. The molecular formula is C19H15ClN6O3. The van der Waals surface area contributed by atoms with Gasteiger partial charge in [0.1, 0.15) is 11.4 Å². The summed E-state index contributed by atoms with van der Waals surface area (Å²) in [6.45, 7) is 0. The van der Waals surface area contributed by atoms with Gasteiger partial charge in [-0.3, -0.25) is 9.59 Å². The second-order valence-electron chi connectivity index (χ2n) is 6.02. The highest BCUT2D eigenvalue weighted by atomic mass is 35.5. The van der Waals surface area contributed by atoms with Crippen LogP contribution in [0.5, 0.6) is 5.75 Å². The van der Waals surface area contributed by atoms with E-state index in [1.54, 1.807) is 24.3 Å². The normalized spacial score (nSPS) is 10.8. The molecule has 146 valence electrons. The Kier molecular flexibility index (Phi) is 4.65. The molecule has 0 aliphatic carbocycles. The lowest BCUT2D eigenvalue weighted by atomic mass is 10.2. The zero-order valence-electron chi connectivity index (χ0n) is 15.1. The van der Waals surface area contributed by atoms with E-state index in [1.807, 2.05) is 18.2 Å². The number of imidazole rings is 2. The number of fused-ring (bicyclic) bond motifs is 1. The van der Waals surface area contributed by atoms with Crippen LogP contribution >= 0.6 is 11.6 Å². The van der Waals surface area contributed by atoms with Gasteiger partial charge in [0, 0.05) is 5.02 Å². The molecule has 0 radical (unpaired) electrons. The van der Waals surface area contributed by atoms with E-state index in [0.717, 1.165) is 5.52 Å². The van der Waals surface area contributed by atoms with Crippen molar-refractivity contribution in [2.75, 3.05) is 12.0 Å². The molecule has 2 amide bonds. The van der Waals surface area contributed by atoms with Crippen molar-refractivity contribution >= 4 is 46.1 Å². The highest BCUT2D eigenvalue weighted by Gasteiger charge is 2.30. The molecule has 0 bridgehead atoms. The predicted octanol–water partition coefficient (Wildman–Crippen LogP) is 3.03. The zero-order chi connectivity index (χ0) is 20.5. The monoisotopic (exact) mass is 410 g/mol. The summed E-state index contributed by atoms with van der Waals surface area (Å²) in [6.07, 6.45) is 1.22. The number of amides is 2. The van der Waals surface area contributed by atoms with Gasteiger partial charge in [-0.25, -0.2) is 14.9 Å². The number of aromatic amines is 2. The number of benzene rings is 2. The van der Waals surface area contributed by atoms with Crippen LogP contribution in [-0.2, 0) is 0 Å². The molecule has 0 atom stereocenters. The van der Waals surface area contributed by atoms with Gasteiger partial charge in [0.2, 0.25) is 5.95 Å². The molecule has 4 aromatic rings. The molecule has 9 nitrogen and oxygen atoms in total. The molecule has 0 spiro atoms. The number of carbonyl (C=O) groups excluding carboxylic acids is 2. The summed E-state index contributed by atoms with van der Waals surface area (Å²) in [5.41, 5.74) is 6.79. The van der Waals surface area contributed by atoms with E-state index in [0.29, 0.717) is 22.0 Å². The number of anilines is 2. The lowest BCUT2D eigenvalue weighted by Crippen LogP contribution is -2.30. The van der Waals surface area contributed by atoms with Gasteiger partial charge in [-0.2, -0.15) is 0 Å². The smallest absolute Gasteiger partial charge is 0.284 e. The number of H-pyrrole nitrogens is 2. The second-order valence-corrected chi connectivity index (χ2v) is 6.46. The molecule has 2 heterocycles. The summed E-state index contributed by atoms with van der Waals surface area (Å²) < 4.78 is 5.41. The first-order chi connectivity index (χ1) is 14.0. The molecule has 2 aromatic carbocycles. The molecule has 2 aromatic heterocycles. The molecule has 4 N–H and O–H groups in total. The van der Waals surface area contributed by atoms with Crippen molar-refractivity contribution in [1.82, 2.24) is 19.9 Å². The molecular weight excluding hydrogens is 396 g/mol. The van der Waals surface area contributed by atoms with Gasteiger partial charge in [0.15, 0.2) is 5.69 Å². The fraction of sp³-hybridized carbons (Fsp3) is 0.0526. The second kappa shape index (κ2) is 7.28. The van der Waals surface area contributed by atoms with Crippen molar-refractivity contribution in [1.29, 1.82) is 0 Å². The number of aromatic nitrogens is 4. The van der Waals surface area contributed by atoms with E-state index in [4.69, 9.17) is 22.1 Å². The molecule has 0 saturated heterocycles. The summed E-state index contributed by atoms with van der Waals surface area (Å²) in [6, 6.07) is 12.1. The lowest BCUT2D eigenvalue weighted by molar-refractivity contribution is 0.0961. The van der Waals surface area contributed by atoms with Crippen molar-refractivity contribution in [2.45, 2.75) is 0 Å². The number of carbonyl (C=O) groups is 2. The van der Waals surface area contributed by atoms with Crippen molar-refractivity contribution < 1.29 is 14.3 Å². The SMILES string of the molecule is COc1ccc(Cl)cc1N(C(=O)c1[nH]cnc1C(N)=O)c1nc2ccccc2[nH]1. The predicted molar refractivity (Wildman–Crippen MR) is 108 cm³/mol. The Balaban J connectivity index is 1.94. The fourth-order valence-electron chi connectivity index (χ4n) is 2.96. The van der Waals surface area contributed by atoms with E-state index >= 15 is 0 Å². The van der Waals surface area contributed by atoms with Crippen LogP contribution < -0.4 is 15.4 Å². The first-order valence-electron chi connectivity index (χ1n) is 8.45. The highest BCUT2D eigenvalue weighted by Crippen LogP contribution is 2.36. The number of hydrogen-bond donors (Lipinski definition) is 3. The lowest BCUT2D eigenvalue weighted by Gasteiger charge is -2.22. The Morgan fingerprint density at radius 1 is 1.21 bits per heavy atom. The number of primary amides is 1. The molecule has 4 rings (SSSR count). The topological polar surface area (TPSA) is 130 Å². The van der Waals surface area contributed by atoms with Crippen LogP contribution in [0.2, 0.25) is 5.02 Å². The fourth-order valence-corrected chi connectivity index (χ4v) is 3.13. The average molecular weight is 411 g/mol. The van der Waals surface area contributed by atoms with E-state index in [1.165, 1.54) is 18.3 Å². The maximum Gasteiger partial charge on any atom is 0.284 e. The van der Waals surface area contributed by atoms with Crippen LogP contribution in [-0.4, -0.2) is 38.9 Å². The van der Waals surface area contributed by atoms with Crippen LogP contribution in [0.4, 0.5) is 11.6 Å². The van der Waals surface area contributed by atoms with Gasteiger partial charge in [-0.05, 0) is 30.3 Å². The van der Waals surface area contributed by atoms with E-state index < -0.39 is 11.8 Å². The Bertz CT molecular complexity index is 1200. The zero-order valence-corrected chi connectivity index (χ0v) is 15.9. The van der Waals surface area contributed by atoms with Crippen LogP contribution in [0.25, 0.3) is 11.0 Å². The quantitative estimate of drug-likeness (QED) is 0.465. The van der Waals surface area contributed by atoms with Crippen LogP contribution in [0.3, 0.4) is 0 Å². The van der Waals surface area contributed by atoms with E-state index in [9.17, 15) is 9.59 Å². The van der Waals surface area contributed by atoms with Gasteiger partial charge in [-0.1, -0.05) is 23.7 Å². The molecule has 0 fully saturated rings. The number of para-hydroxylation sites is 2. The minimum Gasteiger partial charge on any atom is -0.495 e. The number of rotatable bonds is 5. The third-order valence-corrected chi connectivity index (χ3v) is 4.50. The van der Waals surface area contributed by atoms with E-state index in [2.05, 4.69) is 19.9 Å². The Morgan fingerprint density at radius 3 is 2.72 bits per heavy atom. The largest absolute Gasteiger partial charge is 0.495 e. The summed E-state index contributed by atoms with van der Waals surface area (Å²) in [5, 5.41) is 0.384. The number of nitrogens with one attached hydrogen (secondary N) is 2. The van der Waals surface area contributed by atoms with Crippen LogP contribution in [0.1, 0.15) is 21.0 Å². The molecule has 0 unspecified atom stereocenters. The molecule has 0 aliphatic heterocycles. The number of hydrogen-bond acceptors (Lipinski definition) is 5. The average Bonchev–Trinajstić information content (AvgIpc) is 3.35. The van der Waals surface area contributed by atoms with E-state index in [-0.39, 0.29) is 17.3 Å². The van der Waals surface area contributed by atoms with Crippen molar-refractivity contribution in [2.24, 2.45) is 5.73 Å². The van der Waals surface area contributed by atoms with Crippen molar-refractivity contribution in [3.8, 4) is 5.75 Å². The minimum atomic E-state index is -0.836. The number of methoxy groups -OCH3 is 1. The van der Waals surface area contributed by atoms with Gasteiger partial charge >= 0.3 is 0 Å². The van der Waals surface area contributed by atoms with Crippen molar-refractivity contribution in [3.63, 3.8) is 0 Å². The molecule has 10 heteroatoms. The van der Waals surface area contributed by atoms with Gasteiger partial charge in [0.05, 0.1) is 30.2 Å². The number of halogens is 1. The Morgan fingerprint density at radius 2 is 2.00 bits per heavy atom. The molecule has 0 aliphatic rings. The summed E-state index contributed by atoms with van der Waals surface area (Å²) in [5.74, 6) is -0.863. The van der Waals surface area contributed by atoms with Gasteiger partial charge < -0.3 is 20.4 Å². The van der Waals surface area contributed by atoms with Crippen LogP contribution in [0, 0.1) is 0 Å². The van der Waals surface area contributed by atoms with Crippen molar-refractivity contribution in [3.05, 3.63) is 65.2 Å². The molecule has 29 heavy (non-hydrogen) atoms. The Labute approximate surface area is 169 Å². The Hall–Kier alpha value is -3.85. The number of nitrogens with zero attached hydrogens (tertiary/aromatic N) is 3. The highest BCUT2D eigenvalue weighted by molar-refractivity contribution is 6.31. The third-order valence-electron chi connectivity index (χ3n) is 4.26. The standard InChI is InChI=1S/C19H15ClN6O3/c1-29-14-7-6-10(20)8-13(14)26(18(28)16-15(17(21)27)22-9-23-16)19-24-11-4-2-3-5-12(11)25-19/h2-9H,1H3,(H2,21,27)(H,22,23)(H,24,25). The van der Waals surface area contributed by atoms with Gasteiger partial charge in [-0.15, -0.1) is 0 Å². The third kappa shape index (κ3) is 3.27. The van der Waals surface area contributed by atoms with Crippen LogP contribution in [0.15, 0.2) is 48.8 Å². The summed E-state index contributed by atoms with van der Waals surface area (Å²) >= 11 is 6.18. The summed E-state index contributed by atoms with van der Waals surface area (Å²) in [4.78, 5) is 40.6. The van der Waals surface area contributed by atoms with Gasteiger partial charge in [0.25, 0.3) is 11.8 Å². The first kappa shape index (κ1) is 18.5. The summed E-state index contributed by atoms with van der Waals surface area (Å²) in [7, 11) is 1.47. The number of ether oxygens (including phenoxy) is 1. The maximum atomic E-state index is 13.5. The molecule has 0 saturated carbocycles. The first-order valence-corrected chi connectivity index (χ1v) is 8.83. The minimum absolute atomic E-state index is 0.0833.